The van der Waals surface area contributed by atoms with Crippen molar-refractivity contribution in [3.05, 3.63) is 48.1 Å². The second kappa shape index (κ2) is 9.23. The minimum Gasteiger partial charge on any atom is -0.497 e. The molecule has 27 heavy (non-hydrogen) atoms. The molecule has 0 aliphatic heterocycles. The van der Waals surface area contributed by atoms with Crippen LogP contribution in [0.4, 0.5) is 0 Å². The molecule has 0 fully saturated rings. The van der Waals surface area contributed by atoms with Crippen LogP contribution < -0.4 is 4.74 Å². The monoisotopic (exact) mass is 370 g/mol. The molecule has 0 saturated heterocycles. The molecule has 0 radical (unpaired) electrons. The van der Waals surface area contributed by atoms with Crippen LogP contribution in [0.1, 0.15) is 39.2 Å². The fraction of sp³-hybridized carbons (Fsp3) is 0.522. The second-order valence-corrected chi connectivity index (χ2v) is 8.64. The Balaban J connectivity index is 2.12. The molecule has 0 saturated carbocycles. The summed E-state index contributed by atoms with van der Waals surface area (Å²) >= 11 is 0. The summed E-state index contributed by atoms with van der Waals surface area (Å²) in [6.07, 6.45) is 4.04. The first kappa shape index (κ1) is 21.2. The molecule has 148 valence electrons. The molecule has 0 heterocycles. The second-order valence-electron chi connectivity index (χ2n) is 8.64. The summed E-state index contributed by atoms with van der Waals surface area (Å²) in [5, 5.41) is 4.44. The van der Waals surface area contributed by atoms with Gasteiger partial charge in [-0.1, -0.05) is 44.6 Å². The summed E-state index contributed by atoms with van der Waals surface area (Å²) in [7, 11) is 5.83. The first-order valence-corrected chi connectivity index (χ1v) is 9.58. The van der Waals surface area contributed by atoms with Crippen LogP contribution in [0.15, 0.2) is 47.6 Å². The van der Waals surface area contributed by atoms with Gasteiger partial charge in [-0.15, -0.1) is 0 Å². The van der Waals surface area contributed by atoms with Crippen molar-refractivity contribution in [2.24, 2.45) is 16.5 Å². The molecule has 0 amide bonds. The number of hydrogen-bond donors (Lipinski definition) is 0. The highest BCUT2D eigenvalue weighted by Gasteiger charge is 2.28. The third-order valence-corrected chi connectivity index (χ3v) is 4.71. The van der Waals surface area contributed by atoms with Crippen molar-refractivity contribution in [2.75, 3.05) is 34.4 Å². The zero-order valence-electron chi connectivity index (χ0n) is 17.7. The third kappa shape index (κ3) is 6.55. The largest absolute Gasteiger partial charge is 0.497 e. The lowest BCUT2D eigenvalue weighted by Gasteiger charge is -2.31. The number of ether oxygens (including phenoxy) is 1. The fourth-order valence-corrected chi connectivity index (χ4v) is 3.53. The molecule has 0 bridgehead atoms. The minimum atomic E-state index is 0.136. The van der Waals surface area contributed by atoms with Crippen LogP contribution in [0.3, 0.4) is 0 Å². The Kier molecular flexibility index (Phi) is 7.25. The number of oxime groups is 1. The molecule has 1 aromatic rings. The third-order valence-electron chi connectivity index (χ3n) is 4.71. The van der Waals surface area contributed by atoms with E-state index < -0.39 is 0 Å². The summed E-state index contributed by atoms with van der Waals surface area (Å²) in [6.45, 7) is 12.7. The Hall–Kier alpha value is -2.07. The molecule has 1 aliphatic carbocycles. The maximum absolute atomic E-state index is 5.66. The normalized spacial score (nSPS) is 18.9. The van der Waals surface area contributed by atoms with Crippen molar-refractivity contribution in [1.82, 2.24) is 4.90 Å². The van der Waals surface area contributed by atoms with Gasteiger partial charge in [-0.3, -0.25) is 0 Å². The number of nitrogens with zero attached hydrogens (tertiary/aromatic N) is 2. The molecule has 4 nitrogen and oxygen atoms in total. The van der Waals surface area contributed by atoms with Crippen LogP contribution in [0.2, 0.25) is 0 Å². The first-order valence-electron chi connectivity index (χ1n) is 9.58. The van der Waals surface area contributed by atoms with Gasteiger partial charge >= 0.3 is 0 Å². The Bertz CT molecular complexity index is 700. The zero-order valence-corrected chi connectivity index (χ0v) is 17.7. The molecular formula is C23H34N2O2. The van der Waals surface area contributed by atoms with E-state index in [0.29, 0.717) is 12.5 Å². The summed E-state index contributed by atoms with van der Waals surface area (Å²) in [6, 6.07) is 8.05. The molecule has 1 unspecified atom stereocenters. The predicted octanol–water partition coefficient (Wildman–Crippen LogP) is 5.03. The van der Waals surface area contributed by atoms with E-state index in [0.717, 1.165) is 42.0 Å². The topological polar surface area (TPSA) is 34.1 Å². The quantitative estimate of drug-likeness (QED) is 0.602. The van der Waals surface area contributed by atoms with Gasteiger partial charge < -0.3 is 14.5 Å². The summed E-state index contributed by atoms with van der Waals surface area (Å²) < 4.78 is 5.25. The summed E-state index contributed by atoms with van der Waals surface area (Å²) in [5.41, 5.74) is 4.50. The number of benzene rings is 1. The van der Waals surface area contributed by atoms with Crippen LogP contribution >= 0.6 is 0 Å². The average Bonchev–Trinajstić information content (AvgIpc) is 2.59. The van der Waals surface area contributed by atoms with Crippen molar-refractivity contribution in [2.45, 2.75) is 33.6 Å². The van der Waals surface area contributed by atoms with Crippen LogP contribution in [-0.2, 0) is 4.84 Å². The van der Waals surface area contributed by atoms with Crippen molar-refractivity contribution < 1.29 is 9.57 Å². The maximum Gasteiger partial charge on any atom is 0.120 e. The van der Waals surface area contributed by atoms with Crippen LogP contribution in [0.5, 0.6) is 5.75 Å². The number of methoxy groups -OCH3 is 1. The average molecular weight is 371 g/mol. The van der Waals surface area contributed by atoms with E-state index in [1.54, 1.807) is 7.11 Å². The lowest BCUT2D eigenvalue weighted by atomic mass is 9.74. The van der Waals surface area contributed by atoms with Crippen molar-refractivity contribution >= 4 is 11.3 Å². The number of allylic oxidation sites excluding steroid dienone is 3. The summed E-state index contributed by atoms with van der Waals surface area (Å²) in [4.78, 5) is 7.83. The van der Waals surface area contributed by atoms with Crippen molar-refractivity contribution in [3.8, 4) is 5.75 Å². The van der Waals surface area contributed by atoms with Crippen LogP contribution in [0, 0.1) is 11.3 Å². The molecule has 4 heteroatoms. The highest BCUT2D eigenvalue weighted by molar-refractivity contribution is 6.00. The number of hydrogen-bond acceptors (Lipinski definition) is 4. The van der Waals surface area contributed by atoms with E-state index in [2.05, 4.69) is 69.7 Å². The Morgan fingerprint density at radius 3 is 2.48 bits per heavy atom. The van der Waals surface area contributed by atoms with Gasteiger partial charge in [0.2, 0.25) is 0 Å². The van der Waals surface area contributed by atoms with Gasteiger partial charge in [0.15, 0.2) is 0 Å². The Morgan fingerprint density at radius 1 is 1.22 bits per heavy atom. The van der Waals surface area contributed by atoms with Crippen LogP contribution in [-0.4, -0.2) is 45.0 Å². The number of rotatable bonds is 8. The van der Waals surface area contributed by atoms with Crippen molar-refractivity contribution in [1.29, 1.82) is 0 Å². The first-order chi connectivity index (χ1) is 12.7. The van der Waals surface area contributed by atoms with Crippen molar-refractivity contribution in [3.63, 3.8) is 0 Å². The van der Waals surface area contributed by atoms with E-state index >= 15 is 0 Å². The maximum atomic E-state index is 5.66. The SMILES string of the molecule is C=C(C1=C/C(=N/OCC(C)CN(C)C)CC(C)(C)C1)c1ccc(OC)cc1. The van der Waals surface area contributed by atoms with E-state index in [4.69, 9.17) is 9.57 Å². The van der Waals surface area contributed by atoms with Gasteiger partial charge in [0, 0.05) is 12.5 Å². The molecule has 0 N–H and O–H groups in total. The highest BCUT2D eigenvalue weighted by atomic mass is 16.6. The van der Waals surface area contributed by atoms with Crippen LogP contribution in [0.25, 0.3) is 5.57 Å². The molecule has 1 aliphatic rings. The fourth-order valence-electron chi connectivity index (χ4n) is 3.53. The highest BCUT2D eigenvalue weighted by Crippen LogP contribution is 2.39. The Labute approximate surface area is 164 Å². The lowest BCUT2D eigenvalue weighted by molar-refractivity contribution is 0.101. The van der Waals surface area contributed by atoms with E-state index in [-0.39, 0.29) is 5.41 Å². The van der Waals surface area contributed by atoms with Gasteiger partial charge in [0.1, 0.15) is 12.4 Å². The van der Waals surface area contributed by atoms with Gasteiger partial charge in [-0.05, 0) is 67.3 Å². The molecule has 1 atom stereocenters. The van der Waals surface area contributed by atoms with Gasteiger partial charge in [0.05, 0.1) is 12.8 Å². The molecule has 0 spiro atoms. The van der Waals surface area contributed by atoms with Gasteiger partial charge in [-0.2, -0.15) is 0 Å². The van der Waals surface area contributed by atoms with E-state index in [1.165, 1.54) is 5.57 Å². The van der Waals surface area contributed by atoms with E-state index in [1.807, 2.05) is 12.1 Å². The van der Waals surface area contributed by atoms with Gasteiger partial charge in [0.25, 0.3) is 0 Å². The predicted molar refractivity (Wildman–Crippen MR) is 114 cm³/mol. The standard InChI is InChI=1S/C23H34N2O2/c1-17(15-25(5)6)16-27-24-21-12-20(13-23(3,4)14-21)18(2)19-8-10-22(26-7)11-9-19/h8-12,17H,2,13-16H2,1,3-7H3/b24-21-. The zero-order chi connectivity index (χ0) is 20.0. The smallest absolute Gasteiger partial charge is 0.120 e. The lowest BCUT2D eigenvalue weighted by Crippen LogP contribution is -2.24. The minimum absolute atomic E-state index is 0.136. The molecule has 0 aromatic heterocycles. The van der Waals surface area contributed by atoms with E-state index in [9.17, 15) is 0 Å². The Morgan fingerprint density at radius 2 is 1.89 bits per heavy atom. The summed E-state index contributed by atoms with van der Waals surface area (Å²) in [5.74, 6) is 1.30. The molecule has 1 aromatic carbocycles. The van der Waals surface area contributed by atoms with Gasteiger partial charge in [-0.25, -0.2) is 0 Å². The molecule has 2 rings (SSSR count). The molecular weight excluding hydrogens is 336 g/mol.